The van der Waals surface area contributed by atoms with Gasteiger partial charge >= 0.3 is 5.97 Å². The zero-order valence-electron chi connectivity index (χ0n) is 12.1. The van der Waals surface area contributed by atoms with Crippen LogP contribution in [0.1, 0.15) is 19.9 Å². The number of pyridine rings is 1. The van der Waals surface area contributed by atoms with Crippen molar-refractivity contribution in [1.29, 1.82) is 0 Å². The van der Waals surface area contributed by atoms with Gasteiger partial charge in [-0.3, -0.25) is 14.3 Å². The Balaban J connectivity index is 2.60. The SMILES string of the molecule is CCOC(=O)C(C(C)=O)n1c(S)nnc1-c1cnccc1N. The quantitative estimate of drug-likeness (QED) is 0.478. The summed E-state index contributed by atoms with van der Waals surface area (Å²) in [5, 5.41) is 7.87. The Kier molecular flexibility index (Phi) is 4.76. The molecule has 116 valence electrons. The lowest BCUT2D eigenvalue weighted by molar-refractivity contribution is -0.150. The maximum Gasteiger partial charge on any atom is 0.337 e. The van der Waals surface area contributed by atoms with Crippen LogP contribution in [0.2, 0.25) is 0 Å². The normalized spacial score (nSPS) is 12.0. The minimum atomic E-state index is -1.22. The summed E-state index contributed by atoms with van der Waals surface area (Å²) in [7, 11) is 0. The molecule has 2 heterocycles. The fourth-order valence-electron chi connectivity index (χ4n) is 1.97. The number of ketones is 1. The summed E-state index contributed by atoms with van der Waals surface area (Å²) in [6, 6.07) is 0.358. The number of carbonyl (C=O) groups is 2. The molecule has 0 aliphatic carbocycles. The Morgan fingerprint density at radius 1 is 1.45 bits per heavy atom. The molecule has 0 aliphatic heterocycles. The summed E-state index contributed by atoms with van der Waals surface area (Å²) in [4.78, 5) is 28.0. The number of hydrogen-bond donors (Lipinski definition) is 2. The molecule has 8 nitrogen and oxygen atoms in total. The van der Waals surface area contributed by atoms with Crippen LogP contribution in [0.25, 0.3) is 11.4 Å². The van der Waals surface area contributed by atoms with Gasteiger partial charge in [0.2, 0.25) is 0 Å². The summed E-state index contributed by atoms with van der Waals surface area (Å²) < 4.78 is 6.24. The van der Waals surface area contributed by atoms with Crippen molar-refractivity contribution in [1.82, 2.24) is 19.7 Å². The summed E-state index contributed by atoms with van der Waals surface area (Å²) in [5.74, 6) is -0.894. The third-order valence-corrected chi connectivity index (χ3v) is 3.23. The summed E-state index contributed by atoms with van der Waals surface area (Å²) in [6.07, 6.45) is 3.00. The van der Waals surface area contributed by atoms with Gasteiger partial charge in [0, 0.05) is 18.1 Å². The molecule has 22 heavy (non-hydrogen) atoms. The maximum atomic E-state index is 12.1. The van der Waals surface area contributed by atoms with E-state index in [-0.39, 0.29) is 17.6 Å². The van der Waals surface area contributed by atoms with Crippen molar-refractivity contribution >= 4 is 30.1 Å². The Hall–Kier alpha value is -2.42. The second-order valence-corrected chi connectivity index (χ2v) is 4.82. The minimum Gasteiger partial charge on any atom is -0.464 e. The van der Waals surface area contributed by atoms with E-state index >= 15 is 0 Å². The van der Waals surface area contributed by atoms with Gasteiger partial charge in [0.1, 0.15) is 0 Å². The number of hydrogen-bond acceptors (Lipinski definition) is 8. The van der Waals surface area contributed by atoms with Crippen molar-refractivity contribution in [3.63, 3.8) is 0 Å². The third-order valence-electron chi connectivity index (χ3n) is 2.93. The number of nitrogen functional groups attached to an aromatic ring is 1. The van der Waals surface area contributed by atoms with Gasteiger partial charge in [0.05, 0.1) is 12.2 Å². The monoisotopic (exact) mass is 321 g/mol. The molecular formula is C13H15N5O3S. The number of nitrogens with zero attached hydrogens (tertiary/aromatic N) is 4. The lowest BCUT2D eigenvalue weighted by atomic mass is 10.1. The second-order valence-electron chi connectivity index (χ2n) is 4.42. The van der Waals surface area contributed by atoms with Gasteiger partial charge < -0.3 is 10.5 Å². The third kappa shape index (κ3) is 2.93. The first-order valence-corrected chi connectivity index (χ1v) is 6.92. The topological polar surface area (TPSA) is 113 Å². The number of rotatable bonds is 5. The zero-order valence-corrected chi connectivity index (χ0v) is 12.9. The zero-order chi connectivity index (χ0) is 16.3. The summed E-state index contributed by atoms with van der Waals surface area (Å²) in [5.41, 5.74) is 6.74. The standard InChI is InChI=1S/C13H15N5O3S/c1-3-21-12(20)10(7(2)19)18-11(16-17-13(18)22)8-6-15-5-4-9(8)14/h4-6,10H,3H2,1-2H3,(H2,14,15)(H,17,22). The molecule has 0 aromatic carbocycles. The predicted octanol–water partition coefficient (Wildman–Crippen LogP) is 0.904. The minimum absolute atomic E-state index is 0.103. The number of ether oxygens (including phenoxy) is 1. The summed E-state index contributed by atoms with van der Waals surface area (Å²) in [6.45, 7) is 3.09. The number of Topliss-reactive ketones (excluding diaryl/α,β-unsaturated/α-hetero) is 1. The first kappa shape index (κ1) is 16.0. The van der Waals surface area contributed by atoms with Crippen molar-refractivity contribution in [2.45, 2.75) is 25.0 Å². The van der Waals surface area contributed by atoms with E-state index in [9.17, 15) is 9.59 Å². The van der Waals surface area contributed by atoms with Crippen molar-refractivity contribution < 1.29 is 14.3 Å². The van der Waals surface area contributed by atoms with Crippen LogP contribution in [0.4, 0.5) is 5.69 Å². The van der Waals surface area contributed by atoms with Crippen molar-refractivity contribution in [2.75, 3.05) is 12.3 Å². The first-order chi connectivity index (χ1) is 10.5. The second kappa shape index (κ2) is 6.56. The average molecular weight is 321 g/mol. The van der Waals surface area contributed by atoms with Crippen LogP contribution in [0.15, 0.2) is 23.6 Å². The molecular weight excluding hydrogens is 306 g/mol. The molecule has 9 heteroatoms. The highest BCUT2D eigenvalue weighted by Gasteiger charge is 2.32. The number of anilines is 1. The van der Waals surface area contributed by atoms with Crippen LogP contribution in [0.3, 0.4) is 0 Å². The Morgan fingerprint density at radius 3 is 2.77 bits per heavy atom. The molecule has 2 aromatic heterocycles. The van der Waals surface area contributed by atoms with Crippen LogP contribution in [0.5, 0.6) is 0 Å². The Bertz CT molecular complexity index is 715. The van der Waals surface area contributed by atoms with Crippen LogP contribution < -0.4 is 5.73 Å². The van der Waals surface area contributed by atoms with Crippen LogP contribution in [0, 0.1) is 0 Å². The van der Waals surface area contributed by atoms with E-state index in [2.05, 4.69) is 27.8 Å². The fourth-order valence-corrected chi connectivity index (χ4v) is 2.23. The molecule has 0 saturated carbocycles. The van der Waals surface area contributed by atoms with Crippen LogP contribution in [-0.2, 0) is 14.3 Å². The molecule has 0 amide bonds. The van der Waals surface area contributed by atoms with Gasteiger partial charge in [0.15, 0.2) is 22.8 Å². The van der Waals surface area contributed by atoms with Crippen LogP contribution in [-0.4, -0.2) is 38.1 Å². The number of aromatic nitrogens is 4. The van der Waals surface area contributed by atoms with Crippen LogP contribution >= 0.6 is 12.6 Å². The number of thiol groups is 1. The number of nitrogens with two attached hydrogens (primary N) is 1. The lowest BCUT2D eigenvalue weighted by Gasteiger charge is -2.17. The fraction of sp³-hybridized carbons (Fsp3) is 0.308. The molecule has 0 saturated heterocycles. The van der Waals surface area contributed by atoms with E-state index in [1.165, 1.54) is 23.9 Å². The highest BCUT2D eigenvalue weighted by Crippen LogP contribution is 2.28. The number of esters is 1. The van der Waals surface area contributed by atoms with E-state index in [0.29, 0.717) is 11.3 Å². The molecule has 0 aliphatic rings. The highest BCUT2D eigenvalue weighted by atomic mass is 32.1. The molecule has 1 atom stereocenters. The van der Waals surface area contributed by atoms with E-state index in [0.717, 1.165) is 0 Å². The molecule has 0 spiro atoms. The van der Waals surface area contributed by atoms with Gasteiger partial charge in [-0.25, -0.2) is 4.79 Å². The predicted molar refractivity (Wildman–Crippen MR) is 81.3 cm³/mol. The van der Waals surface area contributed by atoms with Crippen molar-refractivity contribution in [3.8, 4) is 11.4 Å². The molecule has 0 fully saturated rings. The van der Waals surface area contributed by atoms with E-state index < -0.39 is 17.8 Å². The molecule has 2 aromatic rings. The lowest BCUT2D eigenvalue weighted by Crippen LogP contribution is -2.29. The molecule has 0 bridgehead atoms. The smallest absolute Gasteiger partial charge is 0.337 e. The van der Waals surface area contributed by atoms with E-state index in [1.54, 1.807) is 13.0 Å². The van der Waals surface area contributed by atoms with Crippen molar-refractivity contribution in [3.05, 3.63) is 18.5 Å². The van der Waals surface area contributed by atoms with Crippen molar-refractivity contribution in [2.24, 2.45) is 0 Å². The van der Waals surface area contributed by atoms with Gasteiger partial charge in [-0.1, -0.05) is 0 Å². The molecule has 0 radical (unpaired) electrons. The largest absolute Gasteiger partial charge is 0.464 e. The van der Waals surface area contributed by atoms with E-state index in [1.807, 2.05) is 0 Å². The Morgan fingerprint density at radius 2 is 2.18 bits per heavy atom. The maximum absolute atomic E-state index is 12.1. The molecule has 1 unspecified atom stereocenters. The molecule has 2 rings (SSSR count). The number of carbonyl (C=O) groups excluding carboxylic acids is 2. The Labute approximate surface area is 132 Å². The highest BCUT2D eigenvalue weighted by molar-refractivity contribution is 7.80. The summed E-state index contributed by atoms with van der Waals surface area (Å²) >= 11 is 4.17. The van der Waals surface area contributed by atoms with Gasteiger partial charge in [-0.2, -0.15) is 0 Å². The average Bonchev–Trinajstić information content (AvgIpc) is 2.82. The van der Waals surface area contributed by atoms with E-state index in [4.69, 9.17) is 10.5 Å². The van der Waals surface area contributed by atoms with Gasteiger partial charge in [-0.15, -0.1) is 22.8 Å². The molecule has 2 N–H and O–H groups in total. The van der Waals surface area contributed by atoms with Gasteiger partial charge in [-0.05, 0) is 19.9 Å². The first-order valence-electron chi connectivity index (χ1n) is 6.48. The van der Waals surface area contributed by atoms with Gasteiger partial charge in [0.25, 0.3) is 0 Å².